The van der Waals surface area contributed by atoms with E-state index in [0.717, 1.165) is 35.4 Å². The first-order valence-electron chi connectivity index (χ1n) is 11.1. The number of hydrogen-bond acceptors (Lipinski definition) is 6. The van der Waals surface area contributed by atoms with Crippen molar-refractivity contribution < 1.29 is 19.4 Å². The molecule has 2 atom stereocenters. The molecule has 2 aromatic carbocycles. The Bertz CT molecular complexity index is 1130. The minimum Gasteiger partial charge on any atom is -0.495 e. The number of nitrogens with zero attached hydrogens (tertiary/aromatic N) is 3. The van der Waals surface area contributed by atoms with Gasteiger partial charge in [0.25, 0.3) is 0 Å². The van der Waals surface area contributed by atoms with E-state index in [1.165, 1.54) is 25.7 Å². The van der Waals surface area contributed by atoms with E-state index in [1.807, 2.05) is 24.3 Å². The summed E-state index contributed by atoms with van der Waals surface area (Å²) in [5, 5.41) is 25.6. The van der Waals surface area contributed by atoms with Gasteiger partial charge in [0.05, 0.1) is 30.1 Å². The first-order chi connectivity index (χ1) is 15.6. The third kappa shape index (κ3) is 3.46. The molecule has 1 fully saturated rings. The average Bonchev–Trinajstić information content (AvgIpc) is 3.45. The predicted molar refractivity (Wildman–Crippen MR) is 119 cm³/mol. The summed E-state index contributed by atoms with van der Waals surface area (Å²) >= 11 is 0. The Morgan fingerprint density at radius 2 is 2.00 bits per heavy atom. The van der Waals surface area contributed by atoms with Gasteiger partial charge < -0.3 is 14.6 Å². The van der Waals surface area contributed by atoms with Crippen LogP contribution in [-0.2, 0) is 6.42 Å². The first kappa shape index (κ1) is 20.4. The van der Waals surface area contributed by atoms with Crippen molar-refractivity contribution in [2.45, 2.75) is 44.6 Å². The second-order valence-corrected chi connectivity index (χ2v) is 8.69. The molecule has 32 heavy (non-hydrogen) atoms. The standard InChI is InChI=1S/C25H25N3O4/c1-31-22-13-18(8-6-17(22)14-26)28-24(15-4-2-3-5-15)21-10-7-16-12-19(32-25(29)30)9-11-20(16)23(21)27-28/h6,8-9,11-13,15,21,24H,2-5,7,10H2,1H3,(H,29,30). The Balaban J connectivity index is 1.56. The van der Waals surface area contributed by atoms with Crippen molar-refractivity contribution in [2.75, 3.05) is 12.1 Å². The predicted octanol–water partition coefficient (Wildman–Crippen LogP) is 4.97. The lowest BCUT2D eigenvalue weighted by atomic mass is 9.75. The molecule has 0 bridgehead atoms. The number of hydrazone groups is 1. The second-order valence-electron chi connectivity index (χ2n) is 8.69. The van der Waals surface area contributed by atoms with Crippen LogP contribution < -0.4 is 14.5 Å². The van der Waals surface area contributed by atoms with E-state index in [0.29, 0.717) is 28.9 Å². The minimum atomic E-state index is -1.31. The number of anilines is 1. The van der Waals surface area contributed by atoms with Gasteiger partial charge in [-0.25, -0.2) is 4.79 Å². The maximum atomic E-state index is 10.9. The first-order valence-corrected chi connectivity index (χ1v) is 11.1. The number of rotatable bonds is 4. The number of aryl methyl sites for hydroxylation is 1. The molecule has 0 radical (unpaired) electrons. The highest BCUT2D eigenvalue weighted by Gasteiger charge is 2.45. The number of nitriles is 1. The molecule has 0 saturated heterocycles. The highest BCUT2D eigenvalue weighted by molar-refractivity contribution is 6.07. The van der Waals surface area contributed by atoms with Crippen molar-refractivity contribution >= 4 is 17.6 Å². The number of hydrogen-bond donors (Lipinski definition) is 1. The molecule has 1 N–H and O–H groups in total. The third-order valence-electron chi connectivity index (χ3n) is 7.00. The third-order valence-corrected chi connectivity index (χ3v) is 7.00. The Hall–Kier alpha value is -3.53. The topological polar surface area (TPSA) is 95.2 Å². The second kappa shape index (κ2) is 8.19. The molecule has 3 aliphatic rings. The van der Waals surface area contributed by atoms with Crippen LogP contribution in [0.1, 0.15) is 48.8 Å². The zero-order valence-corrected chi connectivity index (χ0v) is 18.0. The van der Waals surface area contributed by atoms with Gasteiger partial charge in [-0.05, 0) is 67.5 Å². The fraction of sp³-hybridized carbons (Fsp3) is 0.400. The molecule has 2 unspecified atom stereocenters. The van der Waals surface area contributed by atoms with E-state index >= 15 is 0 Å². The summed E-state index contributed by atoms with van der Waals surface area (Å²) in [5.41, 5.74) is 4.66. The van der Waals surface area contributed by atoms with Crippen LogP contribution in [0.15, 0.2) is 41.5 Å². The molecule has 1 aliphatic heterocycles. The Kier molecular flexibility index (Phi) is 5.22. The Morgan fingerprint density at radius 1 is 1.19 bits per heavy atom. The minimum absolute atomic E-state index is 0.272. The molecule has 2 aliphatic carbocycles. The van der Waals surface area contributed by atoms with Crippen LogP contribution in [0.2, 0.25) is 0 Å². The van der Waals surface area contributed by atoms with E-state index in [4.69, 9.17) is 19.7 Å². The summed E-state index contributed by atoms with van der Waals surface area (Å²) in [4.78, 5) is 10.9. The van der Waals surface area contributed by atoms with E-state index in [1.54, 1.807) is 19.2 Å². The van der Waals surface area contributed by atoms with Gasteiger partial charge in [-0.1, -0.05) is 12.8 Å². The van der Waals surface area contributed by atoms with Gasteiger partial charge >= 0.3 is 6.16 Å². The molecule has 1 saturated carbocycles. The van der Waals surface area contributed by atoms with Crippen molar-refractivity contribution in [3.63, 3.8) is 0 Å². The molecule has 5 rings (SSSR count). The van der Waals surface area contributed by atoms with Crippen LogP contribution in [0.3, 0.4) is 0 Å². The molecule has 7 nitrogen and oxygen atoms in total. The van der Waals surface area contributed by atoms with Gasteiger partial charge in [-0.3, -0.25) is 5.01 Å². The zero-order chi connectivity index (χ0) is 22.2. The lowest BCUT2D eigenvalue weighted by molar-refractivity contribution is 0.144. The quantitative estimate of drug-likeness (QED) is 0.542. The highest BCUT2D eigenvalue weighted by Crippen LogP contribution is 2.45. The maximum Gasteiger partial charge on any atom is 0.511 e. The van der Waals surface area contributed by atoms with Crippen LogP contribution in [0, 0.1) is 23.2 Å². The van der Waals surface area contributed by atoms with Crippen LogP contribution in [0.25, 0.3) is 0 Å². The van der Waals surface area contributed by atoms with Crippen molar-refractivity contribution in [1.29, 1.82) is 5.26 Å². The highest BCUT2D eigenvalue weighted by atomic mass is 16.7. The van der Waals surface area contributed by atoms with Crippen LogP contribution >= 0.6 is 0 Å². The molecular formula is C25H25N3O4. The molecule has 2 aromatic rings. The molecule has 7 heteroatoms. The Labute approximate surface area is 186 Å². The van der Waals surface area contributed by atoms with Crippen molar-refractivity contribution in [2.24, 2.45) is 16.9 Å². The molecular weight excluding hydrogens is 406 g/mol. The van der Waals surface area contributed by atoms with Crippen LogP contribution in [0.5, 0.6) is 11.5 Å². The van der Waals surface area contributed by atoms with Crippen molar-refractivity contribution in [3.05, 3.63) is 53.1 Å². The number of methoxy groups -OCH3 is 1. The van der Waals surface area contributed by atoms with E-state index < -0.39 is 6.16 Å². The summed E-state index contributed by atoms with van der Waals surface area (Å²) in [7, 11) is 1.58. The molecule has 0 spiro atoms. The number of carbonyl (C=O) groups is 1. The maximum absolute atomic E-state index is 10.9. The fourth-order valence-corrected chi connectivity index (χ4v) is 5.62. The fourth-order valence-electron chi connectivity index (χ4n) is 5.62. The summed E-state index contributed by atoms with van der Waals surface area (Å²) < 4.78 is 10.3. The summed E-state index contributed by atoms with van der Waals surface area (Å²) in [6, 6.07) is 13.6. The summed E-state index contributed by atoms with van der Waals surface area (Å²) in [5.74, 6) is 1.79. The normalized spacial score (nSPS) is 22.0. The lowest BCUT2D eigenvalue weighted by Gasteiger charge is -2.34. The summed E-state index contributed by atoms with van der Waals surface area (Å²) in [6.45, 7) is 0. The van der Waals surface area contributed by atoms with Gasteiger partial charge in [-0.2, -0.15) is 10.4 Å². The smallest absolute Gasteiger partial charge is 0.495 e. The van der Waals surface area contributed by atoms with Crippen LogP contribution in [0.4, 0.5) is 10.5 Å². The zero-order valence-electron chi connectivity index (χ0n) is 18.0. The van der Waals surface area contributed by atoms with Gasteiger partial charge in [0.1, 0.15) is 17.6 Å². The van der Waals surface area contributed by atoms with E-state index in [-0.39, 0.29) is 6.04 Å². The molecule has 164 valence electrons. The van der Waals surface area contributed by atoms with Crippen LogP contribution in [-0.4, -0.2) is 30.1 Å². The molecule has 0 aromatic heterocycles. The van der Waals surface area contributed by atoms with Gasteiger partial charge in [0.2, 0.25) is 0 Å². The molecule has 0 amide bonds. The SMILES string of the molecule is COc1cc(N2N=C3c4ccc(OC(=O)O)cc4CCC3C2C2CCCC2)ccc1C#N. The number of carboxylic acid groups (broad SMARTS) is 1. The lowest BCUT2D eigenvalue weighted by Crippen LogP contribution is -2.40. The van der Waals surface area contributed by atoms with Gasteiger partial charge in [0.15, 0.2) is 0 Å². The summed E-state index contributed by atoms with van der Waals surface area (Å²) in [6.07, 6.45) is 5.43. The molecule has 1 heterocycles. The van der Waals surface area contributed by atoms with Gasteiger partial charge in [-0.15, -0.1) is 0 Å². The Morgan fingerprint density at radius 3 is 2.72 bits per heavy atom. The number of fused-ring (bicyclic) bond motifs is 3. The van der Waals surface area contributed by atoms with Crippen molar-refractivity contribution in [3.8, 4) is 17.6 Å². The van der Waals surface area contributed by atoms with E-state index in [2.05, 4.69) is 11.1 Å². The average molecular weight is 431 g/mol. The number of ether oxygens (including phenoxy) is 2. The van der Waals surface area contributed by atoms with Gasteiger partial charge in [0, 0.05) is 17.5 Å². The monoisotopic (exact) mass is 431 g/mol. The largest absolute Gasteiger partial charge is 0.511 e. The van der Waals surface area contributed by atoms with E-state index in [9.17, 15) is 10.1 Å². The van der Waals surface area contributed by atoms with Crippen molar-refractivity contribution in [1.82, 2.24) is 0 Å². The number of benzene rings is 2.